The van der Waals surface area contributed by atoms with E-state index in [0.29, 0.717) is 40.8 Å². The first-order valence-electron chi connectivity index (χ1n) is 9.17. The molecular formula is C20H22N2O4S. The number of carbonyl (C=O) groups excluding carboxylic acids is 2. The summed E-state index contributed by atoms with van der Waals surface area (Å²) in [5, 5.41) is 3.84. The summed E-state index contributed by atoms with van der Waals surface area (Å²) in [7, 11) is 1.55. The molecule has 0 saturated heterocycles. The van der Waals surface area contributed by atoms with Crippen LogP contribution in [0.2, 0.25) is 0 Å². The van der Waals surface area contributed by atoms with Crippen molar-refractivity contribution in [1.82, 2.24) is 5.32 Å². The zero-order valence-electron chi connectivity index (χ0n) is 15.1. The van der Waals surface area contributed by atoms with Gasteiger partial charge >= 0.3 is 5.97 Å². The summed E-state index contributed by atoms with van der Waals surface area (Å²) in [5.41, 5.74) is 0.433. The number of benzene rings is 1. The van der Waals surface area contributed by atoms with Gasteiger partial charge in [0.15, 0.2) is 5.17 Å². The van der Waals surface area contributed by atoms with Crippen LogP contribution < -0.4 is 10.1 Å². The highest BCUT2D eigenvalue weighted by molar-refractivity contribution is 8.15. The zero-order chi connectivity index (χ0) is 18.8. The Morgan fingerprint density at radius 2 is 2.22 bits per heavy atom. The number of amides is 1. The van der Waals surface area contributed by atoms with Crippen molar-refractivity contribution in [2.24, 2.45) is 16.8 Å². The van der Waals surface area contributed by atoms with Gasteiger partial charge in [0, 0.05) is 12.5 Å². The first-order valence-corrected chi connectivity index (χ1v) is 10.1. The van der Waals surface area contributed by atoms with E-state index < -0.39 is 5.97 Å². The van der Waals surface area contributed by atoms with Gasteiger partial charge in [-0.15, -0.1) is 0 Å². The average Bonchev–Trinajstić information content (AvgIpc) is 3.38. The third-order valence-electron chi connectivity index (χ3n) is 5.25. The maximum absolute atomic E-state index is 12.1. The minimum Gasteiger partial charge on any atom is -0.497 e. The zero-order valence-corrected chi connectivity index (χ0v) is 15.9. The Kier molecular flexibility index (Phi) is 5.20. The van der Waals surface area contributed by atoms with Crippen LogP contribution >= 0.6 is 11.8 Å². The molecular weight excluding hydrogens is 364 g/mol. The first kappa shape index (κ1) is 18.1. The largest absolute Gasteiger partial charge is 0.497 e. The van der Waals surface area contributed by atoms with E-state index in [1.54, 1.807) is 31.4 Å². The van der Waals surface area contributed by atoms with Gasteiger partial charge in [-0.2, -0.15) is 4.99 Å². The highest BCUT2D eigenvalue weighted by atomic mass is 32.2. The van der Waals surface area contributed by atoms with Crippen molar-refractivity contribution < 1.29 is 19.1 Å². The predicted molar refractivity (Wildman–Crippen MR) is 104 cm³/mol. The highest BCUT2D eigenvalue weighted by Crippen LogP contribution is 2.39. The molecule has 1 aromatic carbocycles. The second-order valence-electron chi connectivity index (χ2n) is 7.05. The Morgan fingerprint density at radius 3 is 2.96 bits per heavy atom. The number of ether oxygens (including phenoxy) is 2. The van der Waals surface area contributed by atoms with Crippen molar-refractivity contribution in [2.75, 3.05) is 13.7 Å². The maximum atomic E-state index is 12.1. The van der Waals surface area contributed by atoms with E-state index in [0.717, 1.165) is 6.42 Å². The number of carbonyl (C=O) groups is 2. The van der Waals surface area contributed by atoms with Crippen molar-refractivity contribution in [3.8, 4) is 5.75 Å². The van der Waals surface area contributed by atoms with Gasteiger partial charge in [0.1, 0.15) is 5.75 Å². The molecule has 1 N–H and O–H groups in total. The Balaban J connectivity index is 1.23. The average molecular weight is 386 g/mol. The number of fused-ring (bicyclic) bond motifs is 2. The molecule has 3 aliphatic rings. The van der Waals surface area contributed by atoms with Gasteiger partial charge in [-0.05, 0) is 42.9 Å². The van der Waals surface area contributed by atoms with Gasteiger partial charge in [-0.3, -0.25) is 4.79 Å². The summed E-state index contributed by atoms with van der Waals surface area (Å²) in [6.07, 6.45) is 7.32. The third kappa shape index (κ3) is 4.03. The van der Waals surface area contributed by atoms with E-state index in [1.165, 1.54) is 18.2 Å². The molecule has 4 atom stereocenters. The number of hydrogen-bond donors (Lipinski definition) is 1. The number of methoxy groups -OCH3 is 1. The molecule has 2 bridgehead atoms. The molecule has 27 heavy (non-hydrogen) atoms. The molecule has 1 aliphatic heterocycles. The molecule has 0 aromatic heterocycles. The molecule has 0 radical (unpaired) electrons. The number of amidine groups is 1. The van der Waals surface area contributed by atoms with Crippen LogP contribution in [0.25, 0.3) is 0 Å². The lowest BCUT2D eigenvalue weighted by Gasteiger charge is -2.20. The van der Waals surface area contributed by atoms with Gasteiger partial charge in [0.2, 0.25) is 0 Å². The topological polar surface area (TPSA) is 77.0 Å². The maximum Gasteiger partial charge on any atom is 0.338 e. The highest BCUT2D eigenvalue weighted by Gasteiger charge is 2.38. The molecule has 2 aliphatic carbocycles. The quantitative estimate of drug-likeness (QED) is 0.598. The number of hydrogen-bond acceptors (Lipinski definition) is 6. The number of aliphatic imine (C=N–C) groups is 1. The smallest absolute Gasteiger partial charge is 0.338 e. The molecule has 4 unspecified atom stereocenters. The molecule has 1 saturated carbocycles. The van der Waals surface area contributed by atoms with E-state index in [2.05, 4.69) is 22.5 Å². The third-order valence-corrected chi connectivity index (χ3v) is 6.40. The molecule has 1 aromatic rings. The summed E-state index contributed by atoms with van der Waals surface area (Å²) in [5.74, 6) is 1.25. The van der Waals surface area contributed by atoms with Crippen LogP contribution in [0.3, 0.4) is 0 Å². The van der Waals surface area contributed by atoms with Gasteiger partial charge in [0.25, 0.3) is 5.91 Å². The molecule has 7 heteroatoms. The number of nitrogens with one attached hydrogen (secondary N) is 1. The number of rotatable bonds is 6. The van der Waals surface area contributed by atoms with E-state index in [1.807, 2.05) is 0 Å². The Bertz CT molecular complexity index is 807. The monoisotopic (exact) mass is 386 g/mol. The van der Waals surface area contributed by atoms with Crippen LogP contribution in [-0.4, -0.2) is 42.1 Å². The van der Waals surface area contributed by atoms with Crippen LogP contribution in [0.5, 0.6) is 5.75 Å². The van der Waals surface area contributed by atoms with Crippen LogP contribution in [0.15, 0.2) is 41.4 Å². The second kappa shape index (κ2) is 7.76. The Morgan fingerprint density at radius 1 is 1.33 bits per heavy atom. The fraction of sp³-hybridized carbons (Fsp3) is 0.450. The van der Waals surface area contributed by atoms with Crippen molar-refractivity contribution in [3.63, 3.8) is 0 Å². The SMILES string of the molecule is COc1cccc(C(=O)OCCC2SC(NC3CC4C=CC3C4)=NC2=O)c1. The molecule has 1 amide bonds. The molecule has 142 valence electrons. The summed E-state index contributed by atoms with van der Waals surface area (Å²) >= 11 is 1.44. The van der Waals surface area contributed by atoms with E-state index in [4.69, 9.17) is 9.47 Å². The lowest BCUT2D eigenvalue weighted by molar-refractivity contribution is -0.117. The van der Waals surface area contributed by atoms with Crippen molar-refractivity contribution in [2.45, 2.75) is 30.6 Å². The van der Waals surface area contributed by atoms with Crippen molar-refractivity contribution >= 4 is 28.8 Å². The minimum absolute atomic E-state index is 0.154. The van der Waals surface area contributed by atoms with E-state index in [-0.39, 0.29) is 17.8 Å². The fourth-order valence-electron chi connectivity index (χ4n) is 3.83. The van der Waals surface area contributed by atoms with Crippen molar-refractivity contribution in [3.05, 3.63) is 42.0 Å². The molecule has 4 rings (SSSR count). The Hall–Kier alpha value is -2.28. The normalized spacial score (nSPS) is 28.3. The number of thioether (sulfide) groups is 1. The van der Waals surface area contributed by atoms with Gasteiger partial charge in [-0.1, -0.05) is 30.0 Å². The van der Waals surface area contributed by atoms with Crippen LogP contribution in [0.1, 0.15) is 29.6 Å². The van der Waals surface area contributed by atoms with Gasteiger partial charge in [0.05, 0.1) is 24.5 Å². The van der Waals surface area contributed by atoms with E-state index >= 15 is 0 Å². The lowest BCUT2D eigenvalue weighted by Crippen LogP contribution is -2.35. The van der Waals surface area contributed by atoms with Crippen LogP contribution in [0, 0.1) is 11.8 Å². The standard InChI is InChI=1S/C20H22N2O4S/c1-25-15-4-2-3-14(11-15)19(24)26-8-7-17-18(23)22-20(27-17)21-16-10-12-5-6-13(16)9-12/h2-6,11-13,16-17H,7-10H2,1H3,(H,21,22,23). The summed E-state index contributed by atoms with van der Waals surface area (Å²) in [6.45, 7) is 0.180. The van der Waals surface area contributed by atoms with Gasteiger partial charge in [-0.25, -0.2) is 4.79 Å². The number of esters is 1. The van der Waals surface area contributed by atoms with E-state index in [9.17, 15) is 9.59 Å². The number of nitrogens with zero attached hydrogens (tertiary/aromatic N) is 1. The minimum atomic E-state index is -0.419. The molecule has 1 fully saturated rings. The summed E-state index contributed by atoms with van der Waals surface area (Å²) in [6, 6.07) is 7.19. The fourth-order valence-corrected chi connectivity index (χ4v) is 4.83. The predicted octanol–water partition coefficient (Wildman–Crippen LogP) is 2.79. The van der Waals surface area contributed by atoms with Crippen LogP contribution in [0.4, 0.5) is 0 Å². The summed E-state index contributed by atoms with van der Waals surface area (Å²) < 4.78 is 10.4. The van der Waals surface area contributed by atoms with Gasteiger partial charge < -0.3 is 14.8 Å². The molecule has 1 heterocycles. The number of allylic oxidation sites excluding steroid dienone is 1. The molecule has 6 nitrogen and oxygen atoms in total. The Labute approximate surface area is 162 Å². The van der Waals surface area contributed by atoms with Crippen molar-refractivity contribution in [1.29, 1.82) is 0 Å². The summed E-state index contributed by atoms with van der Waals surface area (Å²) in [4.78, 5) is 28.4. The lowest BCUT2D eigenvalue weighted by atomic mass is 10.0. The first-order chi connectivity index (χ1) is 13.1. The molecule has 0 spiro atoms. The second-order valence-corrected chi connectivity index (χ2v) is 8.24. The van der Waals surface area contributed by atoms with Crippen LogP contribution in [-0.2, 0) is 9.53 Å².